The summed E-state index contributed by atoms with van der Waals surface area (Å²) in [4.78, 5) is 25.6. The highest BCUT2D eigenvalue weighted by Gasteiger charge is 2.06. The zero-order valence-electron chi connectivity index (χ0n) is 7.64. The molecule has 1 heterocycles. The molecule has 0 radical (unpaired) electrons. The lowest BCUT2D eigenvalue weighted by Crippen LogP contribution is -2.21. The first-order valence-corrected chi connectivity index (χ1v) is 5.03. The van der Waals surface area contributed by atoms with Crippen molar-refractivity contribution in [2.24, 2.45) is 0 Å². The molecule has 0 spiro atoms. The highest BCUT2D eigenvalue weighted by molar-refractivity contribution is 7.99. The van der Waals surface area contributed by atoms with E-state index in [1.54, 1.807) is 6.20 Å². The van der Waals surface area contributed by atoms with Crippen LogP contribution < -0.4 is 5.56 Å². The number of aliphatic carboxylic acids is 1. The van der Waals surface area contributed by atoms with Crippen molar-refractivity contribution in [2.75, 3.05) is 5.75 Å². The van der Waals surface area contributed by atoms with Crippen molar-refractivity contribution in [3.8, 4) is 0 Å². The average molecular weight is 214 g/mol. The Morgan fingerprint density at radius 3 is 3.00 bits per heavy atom. The fourth-order valence-electron chi connectivity index (χ4n) is 0.905. The summed E-state index contributed by atoms with van der Waals surface area (Å²) in [5.41, 5.74) is -0.235. The Bertz CT molecular complexity index is 388. The molecule has 0 aliphatic rings. The van der Waals surface area contributed by atoms with E-state index in [1.165, 1.54) is 10.8 Å². The van der Waals surface area contributed by atoms with Crippen molar-refractivity contribution >= 4 is 17.7 Å². The fourth-order valence-corrected chi connectivity index (χ4v) is 1.54. The Hall–Kier alpha value is -1.30. The van der Waals surface area contributed by atoms with Gasteiger partial charge in [0.2, 0.25) is 0 Å². The summed E-state index contributed by atoms with van der Waals surface area (Å²) in [5, 5.41) is 8.67. The zero-order chi connectivity index (χ0) is 10.6. The molecule has 0 saturated heterocycles. The standard InChI is InChI=1S/C8H10N2O3S/c1-2-10-4-3-9-7(8(10)13)14-5-6(11)12/h3-4H,2,5H2,1H3,(H,11,12). The predicted octanol–water partition coefficient (Wildman–Crippen LogP) is 0.440. The van der Waals surface area contributed by atoms with Crippen LogP contribution in [0.15, 0.2) is 22.2 Å². The van der Waals surface area contributed by atoms with Crippen LogP contribution in [0.2, 0.25) is 0 Å². The Kier molecular flexibility index (Phi) is 3.70. The average Bonchev–Trinajstić information content (AvgIpc) is 2.16. The van der Waals surface area contributed by atoms with E-state index in [1.807, 2.05) is 6.92 Å². The summed E-state index contributed by atoms with van der Waals surface area (Å²) in [6.45, 7) is 2.40. The van der Waals surface area contributed by atoms with Gasteiger partial charge in [0.1, 0.15) is 0 Å². The molecule has 0 aliphatic carbocycles. The molecule has 14 heavy (non-hydrogen) atoms. The van der Waals surface area contributed by atoms with Crippen molar-refractivity contribution < 1.29 is 9.90 Å². The molecule has 6 heteroatoms. The van der Waals surface area contributed by atoms with Crippen LogP contribution in [-0.2, 0) is 11.3 Å². The van der Waals surface area contributed by atoms with Crippen molar-refractivity contribution in [3.63, 3.8) is 0 Å². The number of carboxylic acid groups (broad SMARTS) is 1. The van der Waals surface area contributed by atoms with Gasteiger partial charge in [-0.1, -0.05) is 11.8 Å². The van der Waals surface area contributed by atoms with E-state index >= 15 is 0 Å². The minimum Gasteiger partial charge on any atom is -0.481 e. The number of hydrogen-bond donors (Lipinski definition) is 1. The Balaban J connectivity index is 2.87. The van der Waals surface area contributed by atoms with E-state index < -0.39 is 5.97 Å². The largest absolute Gasteiger partial charge is 0.481 e. The maximum atomic E-state index is 11.5. The van der Waals surface area contributed by atoms with Gasteiger partial charge in [-0.15, -0.1) is 0 Å². The maximum absolute atomic E-state index is 11.5. The smallest absolute Gasteiger partial charge is 0.313 e. The molecule has 0 bridgehead atoms. The SMILES string of the molecule is CCn1ccnc(SCC(=O)O)c1=O. The topological polar surface area (TPSA) is 72.2 Å². The number of thioether (sulfide) groups is 1. The maximum Gasteiger partial charge on any atom is 0.313 e. The quantitative estimate of drug-likeness (QED) is 0.736. The molecule has 0 unspecified atom stereocenters. The molecule has 0 amide bonds. The third-order valence-electron chi connectivity index (χ3n) is 1.56. The number of rotatable bonds is 4. The second kappa shape index (κ2) is 4.80. The van der Waals surface area contributed by atoms with Gasteiger partial charge in [0.15, 0.2) is 5.03 Å². The first-order chi connectivity index (χ1) is 6.65. The molecule has 1 N–H and O–H groups in total. The third kappa shape index (κ3) is 2.59. The van der Waals surface area contributed by atoms with Crippen LogP contribution in [0.1, 0.15) is 6.92 Å². The summed E-state index contributed by atoms with van der Waals surface area (Å²) < 4.78 is 1.48. The Labute approximate surface area is 84.8 Å². The summed E-state index contributed by atoms with van der Waals surface area (Å²) in [7, 11) is 0. The van der Waals surface area contributed by atoms with Crippen LogP contribution in [0.3, 0.4) is 0 Å². The molecule has 0 aliphatic heterocycles. The van der Waals surface area contributed by atoms with E-state index in [0.29, 0.717) is 6.54 Å². The first-order valence-electron chi connectivity index (χ1n) is 4.05. The van der Waals surface area contributed by atoms with Gasteiger partial charge in [0.05, 0.1) is 5.75 Å². The minimum absolute atomic E-state index is 0.143. The van der Waals surface area contributed by atoms with Crippen LogP contribution in [-0.4, -0.2) is 26.4 Å². The number of hydrogen-bond acceptors (Lipinski definition) is 4. The highest BCUT2D eigenvalue weighted by atomic mass is 32.2. The van der Waals surface area contributed by atoms with Crippen LogP contribution in [0.4, 0.5) is 0 Å². The fraction of sp³-hybridized carbons (Fsp3) is 0.375. The van der Waals surface area contributed by atoms with Crippen LogP contribution in [0, 0.1) is 0 Å². The Morgan fingerprint density at radius 2 is 2.43 bits per heavy atom. The van der Waals surface area contributed by atoms with Crippen LogP contribution in [0.25, 0.3) is 0 Å². The predicted molar refractivity (Wildman–Crippen MR) is 52.5 cm³/mol. The lowest BCUT2D eigenvalue weighted by atomic mass is 10.6. The summed E-state index contributed by atoms with van der Waals surface area (Å²) in [5.74, 6) is -1.10. The Morgan fingerprint density at radius 1 is 1.71 bits per heavy atom. The zero-order valence-corrected chi connectivity index (χ0v) is 8.45. The third-order valence-corrected chi connectivity index (χ3v) is 2.50. The number of carboxylic acids is 1. The van der Waals surface area contributed by atoms with Crippen molar-refractivity contribution in [1.29, 1.82) is 0 Å². The minimum atomic E-state index is -0.955. The molecule has 1 aromatic heterocycles. The van der Waals surface area contributed by atoms with Gasteiger partial charge in [-0.2, -0.15) is 0 Å². The molecule has 5 nitrogen and oxygen atoms in total. The second-order valence-corrected chi connectivity index (χ2v) is 3.47. The van der Waals surface area contributed by atoms with Crippen LogP contribution >= 0.6 is 11.8 Å². The molecule has 0 atom stereocenters. The van der Waals surface area contributed by atoms with Crippen LogP contribution in [0.5, 0.6) is 0 Å². The van der Waals surface area contributed by atoms with Crippen molar-refractivity contribution in [1.82, 2.24) is 9.55 Å². The lowest BCUT2D eigenvalue weighted by Gasteiger charge is -2.02. The van der Waals surface area contributed by atoms with E-state index in [0.717, 1.165) is 11.8 Å². The molecule has 0 fully saturated rings. The molecule has 1 aromatic rings. The van der Waals surface area contributed by atoms with Crippen molar-refractivity contribution in [2.45, 2.75) is 18.5 Å². The number of nitrogens with zero attached hydrogens (tertiary/aromatic N) is 2. The normalized spacial score (nSPS) is 10.1. The van der Waals surface area contributed by atoms with Gasteiger partial charge in [-0.3, -0.25) is 9.59 Å². The monoisotopic (exact) mass is 214 g/mol. The van der Waals surface area contributed by atoms with Gasteiger partial charge in [0.25, 0.3) is 5.56 Å². The molecule has 0 saturated carbocycles. The molecule has 76 valence electrons. The van der Waals surface area contributed by atoms with Gasteiger partial charge < -0.3 is 9.67 Å². The second-order valence-electron chi connectivity index (χ2n) is 2.51. The molecule has 0 aromatic carbocycles. The first kappa shape index (κ1) is 10.8. The number of aryl methyl sites for hydroxylation is 1. The van der Waals surface area contributed by atoms with Gasteiger partial charge in [-0.05, 0) is 6.92 Å². The molecular weight excluding hydrogens is 204 g/mol. The van der Waals surface area contributed by atoms with E-state index in [4.69, 9.17) is 5.11 Å². The van der Waals surface area contributed by atoms with E-state index in [9.17, 15) is 9.59 Å². The van der Waals surface area contributed by atoms with E-state index in [-0.39, 0.29) is 16.3 Å². The number of carbonyl (C=O) groups is 1. The van der Waals surface area contributed by atoms with Gasteiger partial charge >= 0.3 is 5.97 Å². The molecule has 1 rings (SSSR count). The van der Waals surface area contributed by atoms with Crippen molar-refractivity contribution in [3.05, 3.63) is 22.7 Å². The summed E-state index contributed by atoms with van der Waals surface area (Å²) >= 11 is 0.941. The summed E-state index contributed by atoms with van der Waals surface area (Å²) in [6, 6.07) is 0. The number of aromatic nitrogens is 2. The van der Waals surface area contributed by atoms with E-state index in [2.05, 4.69) is 4.98 Å². The van der Waals surface area contributed by atoms with Gasteiger partial charge in [0, 0.05) is 18.9 Å². The summed E-state index contributed by atoms with van der Waals surface area (Å²) in [6.07, 6.45) is 3.07. The lowest BCUT2D eigenvalue weighted by molar-refractivity contribution is -0.133. The van der Waals surface area contributed by atoms with Gasteiger partial charge in [-0.25, -0.2) is 4.98 Å². The molecular formula is C8H10N2O3S. The highest BCUT2D eigenvalue weighted by Crippen LogP contribution is 2.08.